The third kappa shape index (κ3) is 3.04. The minimum absolute atomic E-state index is 0.338. The molecule has 1 N–H and O–H groups in total. The standard InChI is InChI=1S/C17H24N2O/c20-17(11-10-14-6-2-1-3-7-14)19-13-5-9-16(19)15-8-4-12-18-15/h1-3,6-7,15-16,18H,4-5,8-13H2. The first-order valence-corrected chi connectivity index (χ1v) is 7.91. The molecule has 0 aromatic heterocycles. The molecule has 3 nitrogen and oxygen atoms in total. The maximum atomic E-state index is 12.5. The van der Waals surface area contributed by atoms with Gasteiger partial charge in [0.25, 0.3) is 0 Å². The van der Waals surface area contributed by atoms with Crippen molar-refractivity contribution < 1.29 is 4.79 Å². The van der Waals surface area contributed by atoms with Crippen molar-refractivity contribution >= 4 is 5.91 Å². The van der Waals surface area contributed by atoms with E-state index in [1.165, 1.54) is 31.2 Å². The van der Waals surface area contributed by atoms with E-state index in [0.717, 1.165) is 19.5 Å². The number of hydrogen-bond donors (Lipinski definition) is 1. The zero-order valence-corrected chi connectivity index (χ0v) is 12.1. The summed E-state index contributed by atoms with van der Waals surface area (Å²) in [7, 11) is 0. The van der Waals surface area contributed by atoms with E-state index in [2.05, 4.69) is 22.3 Å². The van der Waals surface area contributed by atoms with E-state index in [9.17, 15) is 4.79 Å². The number of nitrogens with zero attached hydrogens (tertiary/aromatic N) is 1. The first-order chi connectivity index (χ1) is 9.84. The molecule has 2 saturated heterocycles. The minimum Gasteiger partial charge on any atom is -0.338 e. The van der Waals surface area contributed by atoms with Gasteiger partial charge in [-0.3, -0.25) is 4.79 Å². The van der Waals surface area contributed by atoms with E-state index in [0.29, 0.717) is 24.4 Å². The Balaban J connectivity index is 1.55. The normalized spacial score (nSPS) is 26.1. The van der Waals surface area contributed by atoms with Gasteiger partial charge in [-0.25, -0.2) is 0 Å². The zero-order valence-electron chi connectivity index (χ0n) is 12.1. The molecule has 2 fully saturated rings. The van der Waals surface area contributed by atoms with Gasteiger partial charge in [0.15, 0.2) is 0 Å². The van der Waals surface area contributed by atoms with Gasteiger partial charge in [-0.05, 0) is 44.2 Å². The largest absolute Gasteiger partial charge is 0.338 e. The zero-order chi connectivity index (χ0) is 13.8. The summed E-state index contributed by atoms with van der Waals surface area (Å²) in [4.78, 5) is 14.6. The first kappa shape index (κ1) is 13.6. The van der Waals surface area contributed by atoms with Crippen LogP contribution in [-0.4, -0.2) is 36.0 Å². The van der Waals surface area contributed by atoms with Crippen LogP contribution < -0.4 is 5.32 Å². The fraction of sp³-hybridized carbons (Fsp3) is 0.588. The predicted molar refractivity (Wildman–Crippen MR) is 80.5 cm³/mol. The van der Waals surface area contributed by atoms with Gasteiger partial charge in [-0.15, -0.1) is 0 Å². The first-order valence-electron chi connectivity index (χ1n) is 7.91. The third-order valence-corrected chi connectivity index (χ3v) is 4.65. The summed E-state index contributed by atoms with van der Waals surface area (Å²) in [5.74, 6) is 0.338. The predicted octanol–water partition coefficient (Wildman–Crippen LogP) is 2.36. The smallest absolute Gasteiger partial charge is 0.223 e. The lowest BCUT2D eigenvalue weighted by Gasteiger charge is -2.29. The number of carbonyl (C=O) groups is 1. The van der Waals surface area contributed by atoms with Crippen molar-refractivity contribution in [3.8, 4) is 0 Å². The average Bonchev–Trinajstić information content (AvgIpc) is 3.15. The number of benzene rings is 1. The highest BCUT2D eigenvalue weighted by Crippen LogP contribution is 2.25. The number of aryl methyl sites for hydroxylation is 1. The molecule has 0 radical (unpaired) electrons. The lowest BCUT2D eigenvalue weighted by Crippen LogP contribution is -2.46. The van der Waals surface area contributed by atoms with Gasteiger partial charge < -0.3 is 10.2 Å². The molecule has 1 aromatic rings. The molecular weight excluding hydrogens is 248 g/mol. The molecule has 20 heavy (non-hydrogen) atoms. The second kappa shape index (κ2) is 6.40. The molecule has 3 heteroatoms. The van der Waals surface area contributed by atoms with Crippen LogP contribution >= 0.6 is 0 Å². The van der Waals surface area contributed by atoms with E-state index >= 15 is 0 Å². The Labute approximate surface area is 121 Å². The fourth-order valence-corrected chi connectivity index (χ4v) is 3.60. The van der Waals surface area contributed by atoms with Gasteiger partial charge in [0.2, 0.25) is 5.91 Å². The van der Waals surface area contributed by atoms with Gasteiger partial charge in [0.1, 0.15) is 0 Å². The molecule has 0 aliphatic carbocycles. The third-order valence-electron chi connectivity index (χ3n) is 4.65. The van der Waals surface area contributed by atoms with Crippen LogP contribution in [0.5, 0.6) is 0 Å². The highest BCUT2D eigenvalue weighted by atomic mass is 16.2. The Bertz CT molecular complexity index is 440. The summed E-state index contributed by atoms with van der Waals surface area (Å²) in [6, 6.07) is 11.3. The van der Waals surface area contributed by atoms with Crippen LogP contribution in [0.25, 0.3) is 0 Å². The van der Waals surface area contributed by atoms with Gasteiger partial charge in [-0.2, -0.15) is 0 Å². The topological polar surface area (TPSA) is 32.3 Å². The number of rotatable bonds is 4. The number of likely N-dealkylation sites (tertiary alicyclic amines) is 1. The van der Waals surface area contributed by atoms with Crippen molar-refractivity contribution in [1.82, 2.24) is 10.2 Å². The SMILES string of the molecule is O=C(CCc1ccccc1)N1CCCC1C1CCCN1. The highest BCUT2D eigenvalue weighted by Gasteiger charge is 2.35. The summed E-state index contributed by atoms with van der Waals surface area (Å²) < 4.78 is 0. The number of nitrogens with one attached hydrogen (secondary N) is 1. The molecule has 3 rings (SSSR count). The molecule has 0 saturated carbocycles. The van der Waals surface area contributed by atoms with Gasteiger partial charge in [0.05, 0.1) is 0 Å². The second-order valence-corrected chi connectivity index (χ2v) is 5.99. The Kier molecular flexibility index (Phi) is 4.36. The molecule has 2 atom stereocenters. The number of amides is 1. The van der Waals surface area contributed by atoms with Gasteiger partial charge in [-0.1, -0.05) is 30.3 Å². The molecule has 2 aliphatic rings. The summed E-state index contributed by atoms with van der Waals surface area (Å²) in [6.45, 7) is 2.07. The van der Waals surface area contributed by atoms with Crippen LogP contribution in [0.15, 0.2) is 30.3 Å². The second-order valence-electron chi connectivity index (χ2n) is 5.99. The van der Waals surface area contributed by atoms with Crippen LogP contribution in [-0.2, 0) is 11.2 Å². The lowest BCUT2D eigenvalue weighted by atomic mass is 10.0. The summed E-state index contributed by atoms with van der Waals surface area (Å²) in [5.41, 5.74) is 1.26. The van der Waals surface area contributed by atoms with Crippen LogP contribution in [0.4, 0.5) is 0 Å². The molecule has 2 aliphatic heterocycles. The summed E-state index contributed by atoms with van der Waals surface area (Å²) >= 11 is 0. The average molecular weight is 272 g/mol. The van der Waals surface area contributed by atoms with Crippen molar-refractivity contribution in [2.45, 2.75) is 50.6 Å². The van der Waals surface area contributed by atoms with Crippen LogP contribution in [0, 0.1) is 0 Å². The maximum Gasteiger partial charge on any atom is 0.223 e. The molecule has 0 spiro atoms. The van der Waals surface area contributed by atoms with Gasteiger partial charge >= 0.3 is 0 Å². The van der Waals surface area contributed by atoms with Crippen molar-refractivity contribution in [3.63, 3.8) is 0 Å². The van der Waals surface area contributed by atoms with E-state index in [1.807, 2.05) is 18.2 Å². The van der Waals surface area contributed by atoms with Crippen LogP contribution in [0.2, 0.25) is 0 Å². The number of hydrogen-bond acceptors (Lipinski definition) is 2. The minimum atomic E-state index is 0.338. The van der Waals surface area contributed by atoms with Crippen LogP contribution in [0.3, 0.4) is 0 Å². The van der Waals surface area contributed by atoms with E-state index in [1.54, 1.807) is 0 Å². The Morgan fingerprint density at radius 1 is 1.20 bits per heavy atom. The summed E-state index contributed by atoms with van der Waals surface area (Å²) in [6.07, 6.45) is 6.34. The van der Waals surface area contributed by atoms with Crippen molar-refractivity contribution in [2.24, 2.45) is 0 Å². The molecule has 1 aromatic carbocycles. The molecule has 0 bridgehead atoms. The monoisotopic (exact) mass is 272 g/mol. The van der Waals surface area contributed by atoms with E-state index < -0.39 is 0 Å². The van der Waals surface area contributed by atoms with Crippen molar-refractivity contribution in [1.29, 1.82) is 0 Å². The van der Waals surface area contributed by atoms with Gasteiger partial charge in [0, 0.05) is 25.0 Å². The van der Waals surface area contributed by atoms with E-state index in [4.69, 9.17) is 0 Å². The molecule has 108 valence electrons. The maximum absolute atomic E-state index is 12.5. The number of carbonyl (C=O) groups excluding carboxylic acids is 1. The Morgan fingerprint density at radius 2 is 2.05 bits per heavy atom. The molecular formula is C17H24N2O. The molecule has 2 heterocycles. The van der Waals surface area contributed by atoms with Crippen molar-refractivity contribution in [3.05, 3.63) is 35.9 Å². The quantitative estimate of drug-likeness (QED) is 0.912. The van der Waals surface area contributed by atoms with Crippen molar-refractivity contribution in [2.75, 3.05) is 13.1 Å². The molecule has 1 amide bonds. The molecule has 2 unspecified atom stereocenters. The Hall–Kier alpha value is -1.35. The summed E-state index contributed by atoms with van der Waals surface area (Å²) in [5, 5.41) is 3.56. The van der Waals surface area contributed by atoms with Crippen LogP contribution in [0.1, 0.15) is 37.7 Å². The lowest BCUT2D eigenvalue weighted by molar-refractivity contribution is -0.132. The highest BCUT2D eigenvalue weighted by molar-refractivity contribution is 5.77. The van der Waals surface area contributed by atoms with E-state index in [-0.39, 0.29) is 0 Å². The Morgan fingerprint density at radius 3 is 2.80 bits per heavy atom. The fourth-order valence-electron chi connectivity index (χ4n) is 3.60.